The van der Waals surface area contributed by atoms with Gasteiger partial charge >= 0.3 is 8.56 Å². The van der Waals surface area contributed by atoms with E-state index >= 15 is 0 Å². The SMILES string of the molecule is C[Si](C)(OC/C=C/c1ccccc1)OC/C=C/c1ccccc1. The van der Waals surface area contributed by atoms with Crippen molar-refractivity contribution >= 4 is 20.7 Å². The molecule has 0 N–H and O–H groups in total. The Morgan fingerprint density at radius 3 is 1.48 bits per heavy atom. The second kappa shape index (κ2) is 9.25. The summed E-state index contributed by atoms with van der Waals surface area (Å²) in [5, 5.41) is 0. The minimum Gasteiger partial charge on any atom is -0.391 e. The van der Waals surface area contributed by atoms with Gasteiger partial charge in [-0.25, -0.2) is 0 Å². The highest BCUT2D eigenvalue weighted by atomic mass is 28.4. The Morgan fingerprint density at radius 1 is 0.696 bits per heavy atom. The fourth-order valence-electron chi connectivity index (χ4n) is 2.04. The first-order chi connectivity index (χ1) is 11.2. The van der Waals surface area contributed by atoms with E-state index < -0.39 is 8.56 Å². The normalized spacial score (nSPS) is 12.3. The number of hydrogen-bond donors (Lipinski definition) is 0. The highest BCUT2D eigenvalue weighted by molar-refractivity contribution is 6.64. The van der Waals surface area contributed by atoms with Crippen LogP contribution >= 0.6 is 0 Å². The van der Waals surface area contributed by atoms with Crippen LogP contribution in [0.2, 0.25) is 13.1 Å². The summed E-state index contributed by atoms with van der Waals surface area (Å²) in [7, 11) is -2.08. The molecule has 0 bridgehead atoms. The van der Waals surface area contributed by atoms with Gasteiger partial charge < -0.3 is 8.85 Å². The number of benzene rings is 2. The van der Waals surface area contributed by atoms with Crippen LogP contribution in [0, 0.1) is 0 Å². The van der Waals surface area contributed by atoms with E-state index in [4.69, 9.17) is 8.85 Å². The molecule has 0 aliphatic rings. The Labute approximate surface area is 140 Å². The first-order valence-corrected chi connectivity index (χ1v) is 10.7. The smallest absolute Gasteiger partial charge is 0.332 e. The van der Waals surface area contributed by atoms with Gasteiger partial charge in [-0.1, -0.05) is 85.0 Å². The monoisotopic (exact) mass is 324 g/mol. The van der Waals surface area contributed by atoms with Gasteiger partial charge in [0.05, 0.1) is 13.2 Å². The standard InChI is InChI=1S/C20H24O2Si/c1-23(2,21-17-9-15-19-11-5-3-6-12-19)22-18-10-16-20-13-7-4-8-14-20/h3-16H,17-18H2,1-2H3/b15-9+,16-10+. The number of rotatable bonds is 8. The Balaban J connectivity index is 1.70. The summed E-state index contributed by atoms with van der Waals surface area (Å²) >= 11 is 0. The molecular weight excluding hydrogens is 300 g/mol. The second-order valence-electron chi connectivity index (χ2n) is 5.65. The first-order valence-electron chi connectivity index (χ1n) is 7.87. The maximum absolute atomic E-state index is 5.90. The van der Waals surface area contributed by atoms with Gasteiger partial charge in [-0.05, 0) is 24.2 Å². The van der Waals surface area contributed by atoms with Crippen molar-refractivity contribution in [1.29, 1.82) is 0 Å². The highest BCUT2D eigenvalue weighted by Crippen LogP contribution is 2.08. The Morgan fingerprint density at radius 2 is 1.09 bits per heavy atom. The lowest BCUT2D eigenvalue weighted by atomic mass is 10.2. The van der Waals surface area contributed by atoms with E-state index in [0.717, 1.165) is 0 Å². The van der Waals surface area contributed by atoms with Gasteiger partial charge in [0.15, 0.2) is 0 Å². The molecule has 2 nitrogen and oxygen atoms in total. The molecule has 120 valence electrons. The minimum absolute atomic E-state index is 0.580. The summed E-state index contributed by atoms with van der Waals surface area (Å²) in [6.07, 6.45) is 8.21. The second-order valence-corrected chi connectivity index (χ2v) is 9.02. The molecule has 0 saturated carbocycles. The fraction of sp³-hybridized carbons (Fsp3) is 0.200. The van der Waals surface area contributed by atoms with E-state index in [1.165, 1.54) is 11.1 Å². The van der Waals surface area contributed by atoms with Crippen LogP contribution in [0.15, 0.2) is 72.8 Å². The molecule has 0 heterocycles. The lowest BCUT2D eigenvalue weighted by Gasteiger charge is -2.21. The van der Waals surface area contributed by atoms with Gasteiger partial charge in [0.25, 0.3) is 0 Å². The van der Waals surface area contributed by atoms with Crippen LogP contribution in [0.3, 0.4) is 0 Å². The molecule has 0 aromatic heterocycles. The molecule has 2 rings (SSSR count). The molecule has 23 heavy (non-hydrogen) atoms. The lowest BCUT2D eigenvalue weighted by molar-refractivity contribution is 0.214. The van der Waals surface area contributed by atoms with E-state index in [1.54, 1.807) is 0 Å². The van der Waals surface area contributed by atoms with E-state index in [1.807, 2.05) is 48.6 Å². The van der Waals surface area contributed by atoms with Crippen molar-refractivity contribution in [2.45, 2.75) is 13.1 Å². The fourth-order valence-corrected chi connectivity index (χ4v) is 3.11. The van der Waals surface area contributed by atoms with Crippen molar-refractivity contribution in [3.63, 3.8) is 0 Å². The third-order valence-electron chi connectivity index (χ3n) is 3.27. The Kier molecular flexibility index (Phi) is 7.00. The van der Waals surface area contributed by atoms with Crippen molar-refractivity contribution in [3.05, 3.63) is 83.9 Å². The van der Waals surface area contributed by atoms with Crippen LogP contribution in [0.1, 0.15) is 11.1 Å². The zero-order chi connectivity index (χ0) is 16.4. The molecule has 2 aromatic carbocycles. The molecule has 0 unspecified atom stereocenters. The van der Waals surface area contributed by atoms with Crippen LogP contribution in [-0.4, -0.2) is 21.8 Å². The molecule has 0 atom stereocenters. The highest BCUT2D eigenvalue weighted by Gasteiger charge is 2.23. The minimum atomic E-state index is -2.08. The summed E-state index contributed by atoms with van der Waals surface area (Å²) in [6.45, 7) is 5.30. The van der Waals surface area contributed by atoms with Crippen LogP contribution < -0.4 is 0 Å². The van der Waals surface area contributed by atoms with Crippen molar-refractivity contribution in [3.8, 4) is 0 Å². The first kappa shape index (κ1) is 17.4. The predicted octanol–water partition coefficient (Wildman–Crippen LogP) is 5.15. The summed E-state index contributed by atoms with van der Waals surface area (Å²) < 4.78 is 11.8. The molecule has 0 aliphatic heterocycles. The third kappa shape index (κ3) is 7.24. The van der Waals surface area contributed by atoms with Crippen LogP contribution in [0.5, 0.6) is 0 Å². The average molecular weight is 324 g/mol. The Hall–Kier alpha value is -1.94. The molecule has 0 spiro atoms. The van der Waals surface area contributed by atoms with Gasteiger partial charge in [-0.15, -0.1) is 0 Å². The maximum atomic E-state index is 5.90. The van der Waals surface area contributed by atoms with Crippen molar-refractivity contribution in [2.75, 3.05) is 13.2 Å². The zero-order valence-corrected chi connectivity index (χ0v) is 14.8. The topological polar surface area (TPSA) is 18.5 Å². The third-order valence-corrected chi connectivity index (χ3v) is 5.00. The molecular formula is C20H24O2Si. The van der Waals surface area contributed by atoms with Gasteiger partial charge in [0.1, 0.15) is 0 Å². The average Bonchev–Trinajstić information content (AvgIpc) is 2.58. The molecule has 0 aliphatic carbocycles. The maximum Gasteiger partial charge on any atom is 0.332 e. The zero-order valence-electron chi connectivity index (χ0n) is 13.8. The Bertz CT molecular complexity index is 563. The summed E-state index contributed by atoms with van der Waals surface area (Å²) in [4.78, 5) is 0. The van der Waals surface area contributed by atoms with Crippen molar-refractivity contribution < 1.29 is 8.85 Å². The largest absolute Gasteiger partial charge is 0.391 e. The van der Waals surface area contributed by atoms with E-state index in [0.29, 0.717) is 13.2 Å². The van der Waals surface area contributed by atoms with Crippen LogP contribution in [-0.2, 0) is 8.85 Å². The number of hydrogen-bond acceptors (Lipinski definition) is 2. The molecule has 0 amide bonds. The molecule has 0 fully saturated rings. The lowest BCUT2D eigenvalue weighted by Crippen LogP contribution is -2.34. The van der Waals surface area contributed by atoms with Gasteiger partial charge in [0.2, 0.25) is 0 Å². The quantitative estimate of drug-likeness (QED) is 0.625. The summed E-state index contributed by atoms with van der Waals surface area (Å²) in [5.74, 6) is 0. The van der Waals surface area contributed by atoms with Gasteiger partial charge in [0, 0.05) is 0 Å². The summed E-state index contributed by atoms with van der Waals surface area (Å²) in [6, 6.07) is 20.4. The van der Waals surface area contributed by atoms with Crippen LogP contribution in [0.4, 0.5) is 0 Å². The van der Waals surface area contributed by atoms with Gasteiger partial charge in [-0.2, -0.15) is 0 Å². The van der Waals surface area contributed by atoms with E-state index in [2.05, 4.69) is 49.5 Å². The van der Waals surface area contributed by atoms with Crippen LogP contribution in [0.25, 0.3) is 12.2 Å². The molecule has 0 saturated heterocycles. The predicted molar refractivity (Wildman–Crippen MR) is 100 cm³/mol. The summed E-state index contributed by atoms with van der Waals surface area (Å²) in [5.41, 5.74) is 2.37. The molecule has 0 radical (unpaired) electrons. The van der Waals surface area contributed by atoms with E-state index in [9.17, 15) is 0 Å². The molecule has 3 heteroatoms. The van der Waals surface area contributed by atoms with Crippen molar-refractivity contribution in [1.82, 2.24) is 0 Å². The van der Waals surface area contributed by atoms with Gasteiger partial charge in [-0.3, -0.25) is 0 Å². The molecule has 2 aromatic rings. The van der Waals surface area contributed by atoms with E-state index in [-0.39, 0.29) is 0 Å². The van der Waals surface area contributed by atoms with Crippen molar-refractivity contribution in [2.24, 2.45) is 0 Å².